The van der Waals surface area contributed by atoms with Crippen LogP contribution in [0.3, 0.4) is 0 Å². The Bertz CT molecular complexity index is 797. The van der Waals surface area contributed by atoms with Crippen LogP contribution in [0.15, 0.2) is 41.1 Å². The van der Waals surface area contributed by atoms with Crippen molar-refractivity contribution < 1.29 is 13.2 Å². The van der Waals surface area contributed by atoms with E-state index in [-0.39, 0.29) is 11.8 Å². The smallest absolute Gasteiger partial charge is 0.211 e. The summed E-state index contributed by atoms with van der Waals surface area (Å²) in [4.78, 5) is 2.45. The molecule has 0 bridgehead atoms. The van der Waals surface area contributed by atoms with Crippen LogP contribution < -0.4 is 9.46 Å². The Morgan fingerprint density at radius 2 is 1.82 bits per heavy atom. The molecule has 0 radical (unpaired) electrons. The van der Waals surface area contributed by atoms with Crippen LogP contribution in [0, 0.1) is 0 Å². The number of hydrogen-bond acceptors (Lipinski definition) is 5. The predicted molar refractivity (Wildman–Crippen MR) is 116 cm³/mol. The number of aryl methyl sites for hydroxylation is 1. The second-order valence-corrected chi connectivity index (χ2v) is 9.99. The van der Waals surface area contributed by atoms with Gasteiger partial charge in [0, 0.05) is 12.6 Å². The number of methoxy groups -OCH3 is 1. The first-order valence-electron chi connectivity index (χ1n) is 9.94. The minimum absolute atomic E-state index is 0.0929. The van der Waals surface area contributed by atoms with Crippen molar-refractivity contribution in [3.63, 3.8) is 0 Å². The highest BCUT2D eigenvalue weighted by Crippen LogP contribution is 2.25. The molecule has 0 spiro atoms. The van der Waals surface area contributed by atoms with E-state index in [1.807, 2.05) is 24.3 Å². The van der Waals surface area contributed by atoms with E-state index < -0.39 is 10.0 Å². The van der Waals surface area contributed by atoms with Gasteiger partial charge in [0.15, 0.2) is 0 Å². The summed E-state index contributed by atoms with van der Waals surface area (Å²) in [6.45, 7) is 2.50. The molecule has 0 amide bonds. The minimum atomic E-state index is -3.33. The Morgan fingerprint density at radius 1 is 1.11 bits per heavy atom. The monoisotopic (exact) mass is 422 g/mol. The number of likely N-dealkylation sites (tertiary alicyclic amines) is 1. The number of sulfonamides is 1. The van der Waals surface area contributed by atoms with Crippen LogP contribution in [-0.2, 0) is 16.4 Å². The van der Waals surface area contributed by atoms with Gasteiger partial charge in [-0.3, -0.25) is 4.90 Å². The molecular formula is C21H30N2O3S2. The highest BCUT2D eigenvalue weighted by atomic mass is 32.2. The summed E-state index contributed by atoms with van der Waals surface area (Å²) in [5.41, 5.74) is 2.21. The van der Waals surface area contributed by atoms with E-state index in [1.54, 1.807) is 18.4 Å². The minimum Gasteiger partial charge on any atom is -0.497 e. The van der Waals surface area contributed by atoms with Gasteiger partial charge in [0.1, 0.15) is 5.75 Å². The van der Waals surface area contributed by atoms with E-state index in [9.17, 15) is 8.42 Å². The van der Waals surface area contributed by atoms with Crippen LogP contribution in [0.1, 0.15) is 42.9 Å². The van der Waals surface area contributed by atoms with Gasteiger partial charge >= 0.3 is 0 Å². The van der Waals surface area contributed by atoms with Gasteiger partial charge in [-0.25, -0.2) is 13.1 Å². The van der Waals surface area contributed by atoms with Crippen LogP contribution in [0.25, 0.3) is 0 Å². The molecule has 7 heteroatoms. The number of thiophene rings is 1. The van der Waals surface area contributed by atoms with E-state index in [1.165, 1.54) is 31.2 Å². The average Bonchev–Trinajstić information content (AvgIpc) is 3.10. The van der Waals surface area contributed by atoms with Crippen LogP contribution >= 0.6 is 11.3 Å². The maximum absolute atomic E-state index is 12.6. The first-order chi connectivity index (χ1) is 13.6. The van der Waals surface area contributed by atoms with Gasteiger partial charge in [-0.15, -0.1) is 0 Å². The number of ether oxygens (including phenoxy) is 1. The maximum Gasteiger partial charge on any atom is 0.211 e. The number of nitrogens with one attached hydrogen (secondary N) is 1. The topological polar surface area (TPSA) is 58.6 Å². The maximum atomic E-state index is 12.6. The molecule has 0 unspecified atom stereocenters. The Balaban J connectivity index is 1.59. The summed E-state index contributed by atoms with van der Waals surface area (Å²) < 4.78 is 33.2. The SMILES string of the molecule is COc1ccc(CCS(=O)(=O)NC[C@H](c2ccsc2)N2CCCCCC2)cc1. The van der Waals surface area contributed by atoms with Crippen molar-refractivity contribution in [3.8, 4) is 5.75 Å². The standard InChI is InChI=1S/C21H30N2O3S2/c1-26-20-8-6-18(7-9-20)11-15-28(24,25)22-16-21(19-10-14-27-17-19)23-12-4-2-3-5-13-23/h6-10,14,17,21-22H,2-5,11-13,15-16H2,1H3/t21-/m1/s1. The highest BCUT2D eigenvalue weighted by molar-refractivity contribution is 7.89. The molecule has 1 saturated heterocycles. The quantitative estimate of drug-likeness (QED) is 0.667. The summed E-state index contributed by atoms with van der Waals surface area (Å²) in [6.07, 6.45) is 5.39. The molecule has 1 fully saturated rings. The first-order valence-corrected chi connectivity index (χ1v) is 12.5. The fourth-order valence-electron chi connectivity index (χ4n) is 3.65. The normalized spacial score (nSPS) is 17.2. The molecule has 1 aliphatic heterocycles. The van der Waals surface area contributed by atoms with Crippen LogP contribution in [0.4, 0.5) is 0 Å². The van der Waals surface area contributed by atoms with Gasteiger partial charge in [-0.2, -0.15) is 11.3 Å². The van der Waals surface area contributed by atoms with E-state index in [2.05, 4.69) is 26.4 Å². The highest BCUT2D eigenvalue weighted by Gasteiger charge is 2.23. The third kappa shape index (κ3) is 6.30. The van der Waals surface area contributed by atoms with Crippen molar-refractivity contribution >= 4 is 21.4 Å². The molecule has 0 aliphatic carbocycles. The molecule has 28 heavy (non-hydrogen) atoms. The number of hydrogen-bond donors (Lipinski definition) is 1. The van der Waals surface area contributed by atoms with Crippen molar-refractivity contribution in [2.45, 2.75) is 38.1 Å². The number of benzene rings is 1. The lowest BCUT2D eigenvalue weighted by Gasteiger charge is -2.30. The second-order valence-electron chi connectivity index (χ2n) is 7.29. The Hall–Kier alpha value is -1.41. The third-order valence-corrected chi connectivity index (χ3v) is 7.37. The van der Waals surface area contributed by atoms with Crippen LogP contribution in [0.5, 0.6) is 5.75 Å². The van der Waals surface area contributed by atoms with Gasteiger partial charge in [-0.1, -0.05) is 25.0 Å². The third-order valence-electron chi connectivity index (χ3n) is 5.32. The van der Waals surface area contributed by atoms with E-state index in [0.717, 1.165) is 24.4 Å². The fraction of sp³-hybridized carbons (Fsp3) is 0.524. The molecule has 2 heterocycles. The molecule has 5 nitrogen and oxygen atoms in total. The predicted octanol–water partition coefficient (Wildman–Crippen LogP) is 3.84. The average molecular weight is 423 g/mol. The Kier molecular flexibility index (Phi) is 7.91. The molecule has 3 rings (SSSR count). The molecule has 1 aliphatic rings. The molecular weight excluding hydrogens is 392 g/mol. The Morgan fingerprint density at radius 3 is 2.43 bits per heavy atom. The molecule has 1 atom stereocenters. The number of rotatable bonds is 9. The van der Waals surface area contributed by atoms with Crippen LogP contribution in [0.2, 0.25) is 0 Å². The summed E-state index contributed by atoms with van der Waals surface area (Å²) in [5, 5.41) is 4.21. The second kappa shape index (κ2) is 10.4. The van der Waals surface area contributed by atoms with Gasteiger partial charge in [0.05, 0.1) is 12.9 Å². The van der Waals surface area contributed by atoms with E-state index in [0.29, 0.717) is 13.0 Å². The van der Waals surface area contributed by atoms with Crippen LogP contribution in [-0.4, -0.2) is 45.8 Å². The van der Waals surface area contributed by atoms with Crippen molar-refractivity contribution in [1.82, 2.24) is 9.62 Å². The van der Waals surface area contributed by atoms with Crippen molar-refractivity contribution in [2.24, 2.45) is 0 Å². The van der Waals surface area contributed by atoms with Crippen molar-refractivity contribution in [1.29, 1.82) is 0 Å². The lowest BCUT2D eigenvalue weighted by Crippen LogP contribution is -2.39. The summed E-state index contributed by atoms with van der Waals surface area (Å²) in [6, 6.07) is 9.79. The summed E-state index contributed by atoms with van der Waals surface area (Å²) in [5.74, 6) is 0.871. The van der Waals surface area contributed by atoms with Gasteiger partial charge in [0.2, 0.25) is 10.0 Å². The molecule has 1 N–H and O–H groups in total. The largest absolute Gasteiger partial charge is 0.497 e. The van der Waals surface area contributed by atoms with Gasteiger partial charge < -0.3 is 4.74 Å². The number of nitrogens with zero attached hydrogens (tertiary/aromatic N) is 1. The summed E-state index contributed by atoms with van der Waals surface area (Å²) >= 11 is 1.67. The Labute approximate surface area is 172 Å². The molecule has 1 aromatic carbocycles. The molecule has 0 saturated carbocycles. The van der Waals surface area contributed by atoms with Gasteiger partial charge in [0.25, 0.3) is 0 Å². The van der Waals surface area contributed by atoms with E-state index >= 15 is 0 Å². The van der Waals surface area contributed by atoms with Gasteiger partial charge in [-0.05, 0) is 72.4 Å². The molecule has 1 aromatic heterocycles. The van der Waals surface area contributed by atoms with E-state index in [4.69, 9.17) is 4.74 Å². The lowest BCUT2D eigenvalue weighted by atomic mass is 10.1. The fourth-order valence-corrected chi connectivity index (χ4v) is 5.42. The zero-order chi connectivity index (χ0) is 19.8. The zero-order valence-corrected chi connectivity index (χ0v) is 18.1. The lowest BCUT2D eigenvalue weighted by molar-refractivity contribution is 0.206. The van der Waals surface area contributed by atoms with Crippen molar-refractivity contribution in [3.05, 3.63) is 52.2 Å². The zero-order valence-electron chi connectivity index (χ0n) is 16.5. The first kappa shape index (κ1) is 21.3. The molecule has 2 aromatic rings. The molecule has 154 valence electrons. The van der Waals surface area contributed by atoms with Crippen molar-refractivity contribution in [2.75, 3.05) is 32.5 Å². The summed E-state index contributed by atoms with van der Waals surface area (Å²) in [7, 11) is -1.71.